The molecule has 2 heteroatoms. The highest BCUT2D eigenvalue weighted by Gasteiger charge is 2.34. The summed E-state index contributed by atoms with van der Waals surface area (Å²) in [4.78, 5) is 0. The van der Waals surface area contributed by atoms with Crippen LogP contribution in [0.4, 0.5) is 0 Å². The first-order valence-electron chi connectivity index (χ1n) is 8.64. The first-order valence-corrected chi connectivity index (χ1v) is 8.64. The molecular formula is C17H35NO. The maximum atomic E-state index is 10.3. The van der Waals surface area contributed by atoms with E-state index in [2.05, 4.69) is 6.92 Å². The van der Waals surface area contributed by atoms with Crippen molar-refractivity contribution in [2.75, 3.05) is 0 Å². The van der Waals surface area contributed by atoms with E-state index < -0.39 is 5.60 Å². The number of rotatable bonds is 11. The van der Waals surface area contributed by atoms with Crippen molar-refractivity contribution < 1.29 is 5.11 Å². The Bertz CT molecular complexity index is 219. The molecule has 114 valence electrons. The molecule has 0 aromatic carbocycles. The lowest BCUT2D eigenvalue weighted by Gasteiger charge is -2.22. The largest absolute Gasteiger partial charge is 0.390 e. The zero-order valence-corrected chi connectivity index (χ0v) is 13.0. The zero-order valence-electron chi connectivity index (χ0n) is 13.0. The third-order valence-corrected chi connectivity index (χ3v) is 4.62. The fraction of sp³-hybridized carbons (Fsp3) is 1.00. The van der Waals surface area contributed by atoms with Gasteiger partial charge in [-0.1, -0.05) is 71.1 Å². The molecule has 1 fully saturated rings. The Labute approximate surface area is 120 Å². The Morgan fingerprint density at radius 1 is 0.947 bits per heavy atom. The second kappa shape index (κ2) is 9.77. The lowest BCUT2D eigenvalue weighted by Crippen LogP contribution is -2.27. The molecule has 2 atom stereocenters. The van der Waals surface area contributed by atoms with Gasteiger partial charge < -0.3 is 10.8 Å². The van der Waals surface area contributed by atoms with Crippen LogP contribution in [0.2, 0.25) is 0 Å². The smallest absolute Gasteiger partial charge is 0.0663 e. The van der Waals surface area contributed by atoms with Crippen LogP contribution in [0.15, 0.2) is 0 Å². The van der Waals surface area contributed by atoms with E-state index in [0.717, 1.165) is 25.7 Å². The van der Waals surface area contributed by atoms with Gasteiger partial charge in [0.05, 0.1) is 5.60 Å². The molecule has 19 heavy (non-hydrogen) atoms. The van der Waals surface area contributed by atoms with Crippen LogP contribution in [0.25, 0.3) is 0 Å². The van der Waals surface area contributed by atoms with Crippen molar-refractivity contribution in [1.82, 2.24) is 0 Å². The topological polar surface area (TPSA) is 46.2 Å². The Hall–Kier alpha value is -0.0800. The van der Waals surface area contributed by atoms with Crippen LogP contribution in [-0.2, 0) is 0 Å². The molecule has 0 bridgehead atoms. The number of nitrogens with two attached hydrogens (primary N) is 1. The third kappa shape index (κ3) is 7.94. The van der Waals surface area contributed by atoms with Crippen LogP contribution in [0.3, 0.4) is 0 Å². The summed E-state index contributed by atoms with van der Waals surface area (Å²) >= 11 is 0. The van der Waals surface area contributed by atoms with E-state index >= 15 is 0 Å². The van der Waals surface area contributed by atoms with Gasteiger partial charge in [0.2, 0.25) is 0 Å². The number of aliphatic hydroxyl groups is 1. The van der Waals surface area contributed by atoms with Crippen molar-refractivity contribution >= 4 is 0 Å². The van der Waals surface area contributed by atoms with Gasteiger partial charge in [-0.3, -0.25) is 0 Å². The highest BCUT2D eigenvalue weighted by Crippen LogP contribution is 2.33. The molecule has 0 heterocycles. The molecular weight excluding hydrogens is 234 g/mol. The highest BCUT2D eigenvalue weighted by molar-refractivity contribution is 4.90. The summed E-state index contributed by atoms with van der Waals surface area (Å²) in [5.41, 5.74) is 5.45. The lowest BCUT2D eigenvalue weighted by molar-refractivity contribution is 0.0349. The van der Waals surface area contributed by atoms with Gasteiger partial charge in [-0.15, -0.1) is 0 Å². The normalized spacial score (nSPS) is 27.0. The fourth-order valence-corrected chi connectivity index (χ4v) is 3.31. The maximum absolute atomic E-state index is 10.3. The van der Waals surface area contributed by atoms with Crippen molar-refractivity contribution in [2.45, 2.75) is 108 Å². The van der Waals surface area contributed by atoms with Gasteiger partial charge in [-0.2, -0.15) is 0 Å². The molecule has 2 unspecified atom stereocenters. The zero-order chi connectivity index (χ0) is 14.0. The summed E-state index contributed by atoms with van der Waals surface area (Å²) in [5, 5.41) is 10.3. The van der Waals surface area contributed by atoms with E-state index in [-0.39, 0.29) is 6.04 Å². The van der Waals surface area contributed by atoms with Crippen molar-refractivity contribution in [3.8, 4) is 0 Å². The average Bonchev–Trinajstić information content (AvgIpc) is 2.72. The minimum atomic E-state index is -0.417. The van der Waals surface area contributed by atoms with Crippen LogP contribution in [0, 0.1) is 0 Å². The Kier molecular flexibility index (Phi) is 8.72. The van der Waals surface area contributed by atoms with Crippen molar-refractivity contribution in [3.63, 3.8) is 0 Å². The van der Waals surface area contributed by atoms with Gasteiger partial charge in [-0.05, 0) is 25.7 Å². The van der Waals surface area contributed by atoms with Gasteiger partial charge in [0, 0.05) is 6.04 Å². The summed E-state index contributed by atoms with van der Waals surface area (Å²) < 4.78 is 0. The molecule has 0 aromatic rings. The summed E-state index contributed by atoms with van der Waals surface area (Å²) in [6.45, 7) is 2.27. The SMILES string of the molecule is CCCCCCCCCCCCC1(O)CCC(N)C1. The predicted molar refractivity (Wildman–Crippen MR) is 83.2 cm³/mol. The molecule has 0 radical (unpaired) electrons. The Morgan fingerprint density at radius 3 is 1.95 bits per heavy atom. The summed E-state index contributed by atoms with van der Waals surface area (Å²) in [5.74, 6) is 0. The van der Waals surface area contributed by atoms with E-state index in [0.29, 0.717) is 0 Å². The van der Waals surface area contributed by atoms with Gasteiger partial charge >= 0.3 is 0 Å². The van der Waals surface area contributed by atoms with E-state index in [9.17, 15) is 5.11 Å². The van der Waals surface area contributed by atoms with Crippen LogP contribution in [0.1, 0.15) is 96.8 Å². The van der Waals surface area contributed by atoms with Crippen LogP contribution in [0.5, 0.6) is 0 Å². The summed E-state index contributed by atoms with van der Waals surface area (Å²) in [7, 11) is 0. The number of hydrogen-bond donors (Lipinski definition) is 2. The van der Waals surface area contributed by atoms with E-state index in [1.165, 1.54) is 64.2 Å². The summed E-state index contributed by atoms with van der Waals surface area (Å²) in [6, 6.07) is 0.244. The van der Waals surface area contributed by atoms with E-state index in [1.807, 2.05) is 0 Å². The lowest BCUT2D eigenvalue weighted by atomic mass is 9.94. The van der Waals surface area contributed by atoms with Crippen LogP contribution < -0.4 is 5.73 Å². The molecule has 1 saturated carbocycles. The first kappa shape index (κ1) is 17.0. The molecule has 1 rings (SSSR count). The molecule has 0 aliphatic heterocycles. The standard InChI is InChI=1S/C17H35NO/c1-2-3-4-5-6-7-8-9-10-11-13-17(19)14-12-16(18)15-17/h16,19H,2-15,18H2,1H3. The molecule has 3 N–H and O–H groups in total. The van der Waals surface area contributed by atoms with E-state index in [4.69, 9.17) is 5.73 Å². The molecule has 0 amide bonds. The van der Waals surface area contributed by atoms with E-state index in [1.54, 1.807) is 0 Å². The fourth-order valence-electron chi connectivity index (χ4n) is 3.31. The van der Waals surface area contributed by atoms with Crippen LogP contribution >= 0.6 is 0 Å². The van der Waals surface area contributed by atoms with Gasteiger partial charge in [0.15, 0.2) is 0 Å². The molecule has 0 saturated heterocycles. The van der Waals surface area contributed by atoms with Crippen molar-refractivity contribution in [2.24, 2.45) is 5.73 Å². The van der Waals surface area contributed by atoms with Crippen LogP contribution in [-0.4, -0.2) is 16.7 Å². The molecule has 1 aliphatic rings. The molecule has 1 aliphatic carbocycles. The van der Waals surface area contributed by atoms with Crippen molar-refractivity contribution in [3.05, 3.63) is 0 Å². The Balaban J connectivity index is 1.84. The quantitative estimate of drug-likeness (QED) is 0.541. The second-order valence-corrected chi connectivity index (χ2v) is 6.66. The van der Waals surface area contributed by atoms with Gasteiger partial charge in [-0.25, -0.2) is 0 Å². The minimum Gasteiger partial charge on any atom is -0.390 e. The third-order valence-electron chi connectivity index (χ3n) is 4.62. The predicted octanol–water partition coefficient (Wildman–Crippen LogP) is 4.54. The van der Waals surface area contributed by atoms with Gasteiger partial charge in [0.1, 0.15) is 0 Å². The monoisotopic (exact) mass is 269 g/mol. The highest BCUT2D eigenvalue weighted by atomic mass is 16.3. The Morgan fingerprint density at radius 2 is 1.47 bits per heavy atom. The minimum absolute atomic E-state index is 0.244. The second-order valence-electron chi connectivity index (χ2n) is 6.66. The molecule has 2 nitrogen and oxygen atoms in total. The number of unbranched alkanes of at least 4 members (excludes halogenated alkanes) is 9. The molecule has 0 aromatic heterocycles. The molecule has 0 spiro atoms. The first-order chi connectivity index (χ1) is 9.16. The van der Waals surface area contributed by atoms with Gasteiger partial charge in [0.25, 0.3) is 0 Å². The van der Waals surface area contributed by atoms with Crippen molar-refractivity contribution in [1.29, 1.82) is 0 Å². The summed E-state index contributed by atoms with van der Waals surface area (Å²) in [6.07, 6.45) is 17.3. The average molecular weight is 269 g/mol. The number of hydrogen-bond acceptors (Lipinski definition) is 2. The maximum Gasteiger partial charge on any atom is 0.0663 e.